The van der Waals surface area contributed by atoms with E-state index in [1.807, 2.05) is 51.2 Å². The van der Waals surface area contributed by atoms with Gasteiger partial charge in [0.2, 0.25) is 0 Å². The van der Waals surface area contributed by atoms with Crippen molar-refractivity contribution in [2.75, 3.05) is 46.8 Å². The molecule has 1 aromatic heterocycles. The Balaban J connectivity index is 1.51. The second-order valence-corrected chi connectivity index (χ2v) is 12.3. The molecule has 0 unspecified atom stereocenters. The van der Waals surface area contributed by atoms with Gasteiger partial charge < -0.3 is 33.7 Å². The molecule has 11 nitrogen and oxygen atoms in total. The molecular formula is C30H43N3O8S. The molecule has 0 bridgehead atoms. The second-order valence-electron chi connectivity index (χ2n) is 11.4. The van der Waals surface area contributed by atoms with Crippen molar-refractivity contribution in [2.24, 2.45) is 0 Å². The van der Waals surface area contributed by atoms with E-state index in [9.17, 15) is 9.59 Å². The molecule has 42 heavy (non-hydrogen) atoms. The highest BCUT2D eigenvalue weighted by atomic mass is 32.1. The van der Waals surface area contributed by atoms with E-state index in [0.717, 1.165) is 35.5 Å². The standard InChI is InChI=1S/C30H43N3O8S/c1-30(2,3)41-29(35)33-18-25(39-20-37-15-14-36-4)27(40-28(34)32-12-11-23-6-5-13-38-23)24(33)16-21-7-9-22(10-8-21)26-17-31-19-42-26/h7-10,17,19,23-25,27H,5-6,11-16,18,20H2,1-4H3,(H,32,34)/t23-,24+,25-,27-/m0/s1. The van der Waals surface area contributed by atoms with Gasteiger partial charge in [-0.3, -0.25) is 9.88 Å². The molecule has 1 N–H and O–H groups in total. The number of rotatable bonds is 13. The van der Waals surface area contributed by atoms with Gasteiger partial charge in [0.1, 0.15) is 18.5 Å². The van der Waals surface area contributed by atoms with E-state index in [-0.39, 0.29) is 19.4 Å². The van der Waals surface area contributed by atoms with Crippen molar-refractivity contribution in [3.63, 3.8) is 0 Å². The Bertz CT molecular complexity index is 1100. The molecule has 2 saturated heterocycles. The van der Waals surface area contributed by atoms with Gasteiger partial charge in [-0.05, 0) is 57.6 Å². The predicted molar refractivity (Wildman–Crippen MR) is 157 cm³/mol. The number of ether oxygens (including phenoxy) is 6. The number of carbonyl (C=O) groups excluding carboxylic acids is 2. The minimum Gasteiger partial charge on any atom is -0.444 e. The molecule has 4 atom stereocenters. The molecule has 2 fully saturated rings. The number of thiazole rings is 1. The Morgan fingerprint density at radius 1 is 1.19 bits per heavy atom. The number of benzene rings is 1. The first-order valence-electron chi connectivity index (χ1n) is 14.5. The van der Waals surface area contributed by atoms with Crippen molar-refractivity contribution >= 4 is 23.5 Å². The molecule has 4 rings (SSSR count). The number of nitrogens with one attached hydrogen (secondary N) is 1. The number of hydrogen-bond acceptors (Lipinski definition) is 10. The average Bonchev–Trinajstić information content (AvgIpc) is 3.72. The van der Waals surface area contributed by atoms with Crippen molar-refractivity contribution in [3.8, 4) is 10.4 Å². The zero-order valence-electron chi connectivity index (χ0n) is 24.9. The fourth-order valence-corrected chi connectivity index (χ4v) is 5.66. The van der Waals surface area contributed by atoms with Gasteiger partial charge in [0.05, 0.1) is 42.3 Å². The maximum absolute atomic E-state index is 13.4. The molecule has 2 aliphatic heterocycles. The first-order chi connectivity index (χ1) is 20.2. The van der Waals surface area contributed by atoms with Gasteiger partial charge in [0, 0.05) is 26.5 Å². The van der Waals surface area contributed by atoms with Crippen molar-refractivity contribution in [1.29, 1.82) is 0 Å². The lowest BCUT2D eigenvalue weighted by atomic mass is 9.99. The average molecular weight is 606 g/mol. The Morgan fingerprint density at radius 2 is 2.00 bits per heavy atom. The lowest BCUT2D eigenvalue weighted by Crippen LogP contribution is -2.46. The Kier molecular flexibility index (Phi) is 12.0. The van der Waals surface area contributed by atoms with Crippen LogP contribution in [0.3, 0.4) is 0 Å². The molecule has 232 valence electrons. The number of carbonyl (C=O) groups is 2. The van der Waals surface area contributed by atoms with Crippen LogP contribution in [-0.4, -0.2) is 98.8 Å². The maximum atomic E-state index is 13.4. The van der Waals surface area contributed by atoms with Crippen molar-refractivity contribution in [2.45, 2.75) is 76.4 Å². The summed E-state index contributed by atoms with van der Waals surface area (Å²) in [6, 6.07) is 7.57. The lowest BCUT2D eigenvalue weighted by molar-refractivity contribution is -0.119. The van der Waals surface area contributed by atoms with Crippen LogP contribution in [0.1, 0.15) is 45.6 Å². The quantitative estimate of drug-likeness (QED) is 0.257. The van der Waals surface area contributed by atoms with Crippen LogP contribution >= 0.6 is 11.3 Å². The number of hydrogen-bond donors (Lipinski definition) is 1. The molecular weight excluding hydrogens is 562 g/mol. The van der Waals surface area contributed by atoms with Crippen molar-refractivity contribution in [3.05, 3.63) is 41.5 Å². The Morgan fingerprint density at radius 3 is 2.67 bits per heavy atom. The Hall–Kier alpha value is -2.77. The van der Waals surface area contributed by atoms with Crippen LogP contribution in [0, 0.1) is 0 Å². The SMILES string of the molecule is COCCOCO[C@H]1CN(C(=O)OC(C)(C)C)[C@H](Cc2ccc(-c3cncs3)cc2)[C@@H]1OC(=O)NCC[C@@H]1CCCO1. The largest absolute Gasteiger partial charge is 0.444 e. The molecule has 2 aromatic rings. The van der Waals surface area contributed by atoms with E-state index in [1.165, 1.54) is 0 Å². The molecule has 1 aromatic carbocycles. The van der Waals surface area contributed by atoms with E-state index in [1.54, 1.807) is 28.9 Å². The summed E-state index contributed by atoms with van der Waals surface area (Å²) in [5.41, 5.74) is 3.14. The van der Waals surface area contributed by atoms with Crippen LogP contribution in [-0.2, 0) is 34.8 Å². The second kappa shape index (κ2) is 15.6. The summed E-state index contributed by atoms with van der Waals surface area (Å²) >= 11 is 1.57. The summed E-state index contributed by atoms with van der Waals surface area (Å²) < 4.78 is 34.0. The van der Waals surface area contributed by atoms with Crippen LogP contribution in [0.4, 0.5) is 9.59 Å². The van der Waals surface area contributed by atoms with Gasteiger partial charge in [-0.25, -0.2) is 9.59 Å². The van der Waals surface area contributed by atoms with Crippen LogP contribution < -0.4 is 5.32 Å². The van der Waals surface area contributed by atoms with Crippen LogP contribution in [0.5, 0.6) is 0 Å². The summed E-state index contributed by atoms with van der Waals surface area (Å²) in [7, 11) is 1.59. The third kappa shape index (κ3) is 9.63. The summed E-state index contributed by atoms with van der Waals surface area (Å²) in [5, 5.41) is 2.85. The fraction of sp³-hybridized carbons (Fsp3) is 0.633. The normalized spacial score (nSPS) is 22.3. The zero-order chi connectivity index (χ0) is 30.0. The van der Waals surface area contributed by atoms with E-state index < -0.39 is 36.0 Å². The van der Waals surface area contributed by atoms with Crippen molar-refractivity contribution in [1.82, 2.24) is 15.2 Å². The number of amides is 2. The van der Waals surface area contributed by atoms with Gasteiger partial charge in [-0.2, -0.15) is 0 Å². The molecule has 2 amide bonds. The summed E-state index contributed by atoms with van der Waals surface area (Å²) in [4.78, 5) is 33.2. The zero-order valence-corrected chi connectivity index (χ0v) is 25.7. The fourth-order valence-electron chi connectivity index (χ4n) is 5.03. The van der Waals surface area contributed by atoms with Crippen LogP contribution in [0.2, 0.25) is 0 Å². The molecule has 0 radical (unpaired) electrons. The lowest BCUT2D eigenvalue weighted by Gasteiger charge is -2.30. The van der Waals surface area contributed by atoms with Gasteiger partial charge in [0.15, 0.2) is 6.10 Å². The minimum atomic E-state index is -0.757. The molecule has 2 aliphatic rings. The first kappa shape index (κ1) is 32.2. The summed E-state index contributed by atoms with van der Waals surface area (Å²) in [5.74, 6) is 0. The highest BCUT2D eigenvalue weighted by Crippen LogP contribution is 2.30. The number of alkyl carbamates (subject to hydrolysis) is 1. The topological polar surface area (TPSA) is 118 Å². The molecule has 0 aliphatic carbocycles. The predicted octanol–water partition coefficient (Wildman–Crippen LogP) is 4.64. The molecule has 12 heteroatoms. The van der Waals surface area contributed by atoms with Gasteiger partial charge in [0.25, 0.3) is 0 Å². The first-order valence-corrected chi connectivity index (χ1v) is 15.3. The molecule has 0 saturated carbocycles. The third-order valence-electron chi connectivity index (χ3n) is 7.07. The van der Waals surface area contributed by atoms with Gasteiger partial charge in [-0.15, -0.1) is 11.3 Å². The number of aromatic nitrogens is 1. The van der Waals surface area contributed by atoms with Gasteiger partial charge >= 0.3 is 12.2 Å². The molecule has 3 heterocycles. The smallest absolute Gasteiger partial charge is 0.410 e. The van der Waals surface area contributed by atoms with E-state index in [0.29, 0.717) is 32.6 Å². The maximum Gasteiger partial charge on any atom is 0.410 e. The number of likely N-dealkylation sites (tertiary alicyclic amines) is 1. The molecule has 0 spiro atoms. The highest BCUT2D eigenvalue weighted by Gasteiger charge is 2.48. The highest BCUT2D eigenvalue weighted by molar-refractivity contribution is 7.13. The van der Waals surface area contributed by atoms with Gasteiger partial charge in [-0.1, -0.05) is 24.3 Å². The van der Waals surface area contributed by atoms with Crippen LogP contribution in [0.25, 0.3) is 10.4 Å². The van der Waals surface area contributed by atoms with Crippen LogP contribution in [0.15, 0.2) is 36.0 Å². The third-order valence-corrected chi connectivity index (χ3v) is 7.89. The van der Waals surface area contributed by atoms with E-state index in [2.05, 4.69) is 10.3 Å². The summed E-state index contributed by atoms with van der Waals surface area (Å²) in [6.45, 7) is 7.57. The summed E-state index contributed by atoms with van der Waals surface area (Å²) in [6.07, 6.45) is 2.73. The minimum absolute atomic E-state index is 0.0348. The number of methoxy groups -OCH3 is 1. The van der Waals surface area contributed by atoms with E-state index >= 15 is 0 Å². The van der Waals surface area contributed by atoms with Crippen molar-refractivity contribution < 1.29 is 38.0 Å². The number of nitrogens with zero attached hydrogens (tertiary/aromatic N) is 2. The van der Waals surface area contributed by atoms with E-state index in [4.69, 9.17) is 28.4 Å². The monoisotopic (exact) mass is 605 g/mol. The Labute approximate surface area is 251 Å².